The molecule has 0 bridgehead atoms. The molecule has 1 unspecified atom stereocenters. The fraction of sp³-hybridized carbons (Fsp3) is 0.714. The summed E-state index contributed by atoms with van der Waals surface area (Å²) >= 11 is 0. The average molecular weight is 239 g/mol. The molecule has 4 N–H and O–H groups in total. The van der Waals surface area contributed by atoms with E-state index in [1.54, 1.807) is 0 Å². The summed E-state index contributed by atoms with van der Waals surface area (Å²) in [6.07, 6.45) is -1.20. The first kappa shape index (κ1) is 21.2. The maximum absolute atomic E-state index is 10.4. The predicted octanol–water partition coefficient (Wildman–Crippen LogP) is -6.88. The van der Waals surface area contributed by atoms with Crippen molar-refractivity contribution in [3.05, 3.63) is 0 Å². The SMILES string of the molecule is CC(O)CN[C@@H](CC(=O)O)C(=O)O.[H-].[H-].[Na+].[Na+]. The van der Waals surface area contributed by atoms with Gasteiger partial charge in [0.05, 0.1) is 12.5 Å². The van der Waals surface area contributed by atoms with Gasteiger partial charge in [0.25, 0.3) is 0 Å². The van der Waals surface area contributed by atoms with Gasteiger partial charge >= 0.3 is 71.1 Å². The van der Waals surface area contributed by atoms with Crippen LogP contribution in [0.5, 0.6) is 0 Å². The summed E-state index contributed by atoms with van der Waals surface area (Å²) in [7, 11) is 0. The van der Waals surface area contributed by atoms with Crippen LogP contribution in [0.1, 0.15) is 16.2 Å². The van der Waals surface area contributed by atoms with Crippen LogP contribution in [0.25, 0.3) is 0 Å². The van der Waals surface area contributed by atoms with E-state index in [2.05, 4.69) is 5.32 Å². The van der Waals surface area contributed by atoms with E-state index in [-0.39, 0.29) is 68.5 Å². The summed E-state index contributed by atoms with van der Waals surface area (Å²) in [5.41, 5.74) is 0. The van der Waals surface area contributed by atoms with Crippen molar-refractivity contribution >= 4 is 11.9 Å². The van der Waals surface area contributed by atoms with Gasteiger partial charge in [-0.2, -0.15) is 0 Å². The number of carbonyl (C=O) groups is 2. The van der Waals surface area contributed by atoms with E-state index in [4.69, 9.17) is 15.3 Å². The van der Waals surface area contributed by atoms with Gasteiger partial charge in [-0.15, -0.1) is 0 Å². The van der Waals surface area contributed by atoms with Crippen molar-refractivity contribution in [2.24, 2.45) is 0 Å². The first-order valence-corrected chi connectivity index (χ1v) is 3.79. The topological polar surface area (TPSA) is 107 Å². The first-order valence-electron chi connectivity index (χ1n) is 3.79. The Labute approximate surface area is 135 Å². The molecule has 80 valence electrons. The number of nitrogens with one attached hydrogen (secondary N) is 1. The van der Waals surface area contributed by atoms with E-state index in [1.165, 1.54) is 6.92 Å². The number of hydrogen-bond donors (Lipinski definition) is 4. The quantitative estimate of drug-likeness (QED) is 0.343. The molecule has 0 aliphatic rings. The molecule has 0 saturated carbocycles. The summed E-state index contributed by atoms with van der Waals surface area (Å²) in [6.45, 7) is 1.54. The zero-order chi connectivity index (χ0) is 10.4. The molecule has 6 nitrogen and oxygen atoms in total. The Morgan fingerprint density at radius 2 is 1.80 bits per heavy atom. The summed E-state index contributed by atoms with van der Waals surface area (Å²) in [6, 6.07) is -1.15. The molecular weight excluding hydrogens is 224 g/mol. The Morgan fingerprint density at radius 1 is 1.33 bits per heavy atom. The van der Waals surface area contributed by atoms with Crippen molar-refractivity contribution < 1.29 is 86.9 Å². The molecule has 15 heavy (non-hydrogen) atoms. The van der Waals surface area contributed by atoms with Gasteiger partial charge in [-0.25, -0.2) is 0 Å². The maximum atomic E-state index is 10.4. The monoisotopic (exact) mass is 239 g/mol. The summed E-state index contributed by atoms with van der Waals surface area (Å²) < 4.78 is 0. The Balaban J connectivity index is -0.000000120. The Bertz CT molecular complexity index is 209. The molecule has 0 aromatic rings. The molecule has 0 rings (SSSR count). The van der Waals surface area contributed by atoms with Gasteiger partial charge in [0.1, 0.15) is 6.04 Å². The molecular formula is C7H15NNa2O5. The van der Waals surface area contributed by atoms with Crippen molar-refractivity contribution in [3.8, 4) is 0 Å². The van der Waals surface area contributed by atoms with Gasteiger partial charge < -0.3 is 23.5 Å². The third kappa shape index (κ3) is 12.8. The molecule has 0 radical (unpaired) electrons. The van der Waals surface area contributed by atoms with E-state index in [0.717, 1.165) is 0 Å². The van der Waals surface area contributed by atoms with Gasteiger partial charge in [0.2, 0.25) is 0 Å². The fourth-order valence-electron chi connectivity index (χ4n) is 0.734. The van der Waals surface area contributed by atoms with Crippen LogP contribution in [0.15, 0.2) is 0 Å². The standard InChI is InChI=1S/C7H13NO5.2Na.2H/c1-4(9)3-8-5(7(12)13)2-6(10)11;;;;/h4-5,8-9H,2-3H2,1H3,(H,10,11)(H,12,13);;;;/q;2*+1;2*-1/t4?,5-;;;;/m0..../s1. The number of carboxylic acids is 2. The first-order chi connectivity index (χ1) is 5.93. The zero-order valence-corrected chi connectivity index (χ0v) is 13.2. The Hall–Kier alpha value is 0.860. The third-order valence-electron chi connectivity index (χ3n) is 1.34. The second-order valence-corrected chi connectivity index (χ2v) is 2.75. The second kappa shape index (κ2) is 11.3. The largest absolute Gasteiger partial charge is 1.00 e. The molecule has 0 amide bonds. The number of hydrogen-bond acceptors (Lipinski definition) is 4. The average Bonchev–Trinajstić information content (AvgIpc) is 1.96. The minimum absolute atomic E-state index is 0. The Kier molecular flexibility index (Phi) is 16.0. The van der Waals surface area contributed by atoms with E-state index < -0.39 is 30.5 Å². The van der Waals surface area contributed by atoms with Crippen LogP contribution in [0.3, 0.4) is 0 Å². The van der Waals surface area contributed by atoms with Crippen LogP contribution in [-0.4, -0.2) is 45.9 Å². The molecule has 0 aromatic carbocycles. The third-order valence-corrected chi connectivity index (χ3v) is 1.34. The van der Waals surface area contributed by atoms with Gasteiger partial charge in [-0.3, -0.25) is 9.59 Å². The van der Waals surface area contributed by atoms with Crippen molar-refractivity contribution in [3.63, 3.8) is 0 Å². The van der Waals surface area contributed by atoms with E-state index in [0.29, 0.717) is 0 Å². The molecule has 0 aliphatic carbocycles. The van der Waals surface area contributed by atoms with Crippen molar-refractivity contribution in [2.75, 3.05) is 6.54 Å². The number of aliphatic hydroxyl groups is 1. The molecule has 0 spiro atoms. The molecule has 8 heteroatoms. The number of carboxylic acid groups (broad SMARTS) is 2. The molecule has 0 fully saturated rings. The molecule has 0 saturated heterocycles. The smallest absolute Gasteiger partial charge is 1.00 e. The van der Waals surface area contributed by atoms with Crippen molar-refractivity contribution in [2.45, 2.75) is 25.5 Å². The van der Waals surface area contributed by atoms with E-state index in [9.17, 15) is 9.59 Å². The van der Waals surface area contributed by atoms with Crippen LogP contribution in [0.2, 0.25) is 0 Å². The van der Waals surface area contributed by atoms with Crippen LogP contribution in [0.4, 0.5) is 0 Å². The molecule has 0 heterocycles. The zero-order valence-electron chi connectivity index (χ0n) is 11.2. The minimum atomic E-state index is -1.23. The van der Waals surface area contributed by atoms with Gasteiger partial charge in [-0.05, 0) is 6.92 Å². The number of rotatable bonds is 6. The van der Waals surface area contributed by atoms with Crippen molar-refractivity contribution in [1.82, 2.24) is 5.32 Å². The summed E-state index contributed by atoms with van der Waals surface area (Å²) in [4.78, 5) is 20.6. The van der Waals surface area contributed by atoms with Crippen LogP contribution < -0.4 is 64.4 Å². The van der Waals surface area contributed by atoms with Crippen molar-refractivity contribution in [1.29, 1.82) is 0 Å². The fourth-order valence-corrected chi connectivity index (χ4v) is 0.734. The maximum Gasteiger partial charge on any atom is 1.00 e. The summed E-state index contributed by atoms with van der Waals surface area (Å²) in [5.74, 6) is -2.42. The summed E-state index contributed by atoms with van der Waals surface area (Å²) in [5, 5.41) is 28.1. The second-order valence-electron chi connectivity index (χ2n) is 2.75. The minimum Gasteiger partial charge on any atom is -1.00 e. The Morgan fingerprint density at radius 3 is 2.07 bits per heavy atom. The van der Waals surface area contributed by atoms with Gasteiger partial charge in [0.15, 0.2) is 0 Å². The van der Waals surface area contributed by atoms with Crippen LogP contribution in [0, 0.1) is 0 Å². The molecule has 0 aliphatic heterocycles. The van der Waals surface area contributed by atoms with Gasteiger partial charge in [-0.1, -0.05) is 0 Å². The van der Waals surface area contributed by atoms with Crippen LogP contribution >= 0.6 is 0 Å². The van der Waals surface area contributed by atoms with E-state index >= 15 is 0 Å². The predicted molar refractivity (Wildman–Crippen MR) is 45.6 cm³/mol. The number of aliphatic hydroxyl groups excluding tert-OH is 1. The van der Waals surface area contributed by atoms with E-state index in [1.807, 2.05) is 0 Å². The van der Waals surface area contributed by atoms with Crippen LogP contribution in [-0.2, 0) is 9.59 Å². The van der Waals surface area contributed by atoms with Gasteiger partial charge in [0, 0.05) is 6.54 Å². The molecule has 2 atom stereocenters. The molecule has 0 aromatic heterocycles. The normalized spacial score (nSPS) is 12.9. The number of aliphatic carboxylic acids is 2.